The van der Waals surface area contributed by atoms with Crippen LogP contribution in [0.4, 0.5) is 0 Å². The number of rotatable bonds is 3. The van der Waals surface area contributed by atoms with Crippen LogP contribution >= 0.6 is 0 Å². The number of nitrogens with zero attached hydrogens (tertiary/aromatic N) is 2. The summed E-state index contributed by atoms with van der Waals surface area (Å²) in [7, 11) is 0. The number of benzene rings is 1. The summed E-state index contributed by atoms with van der Waals surface area (Å²) in [5.41, 5.74) is 1.37. The molecule has 1 aliphatic rings. The van der Waals surface area contributed by atoms with E-state index >= 15 is 0 Å². The van der Waals surface area contributed by atoms with Gasteiger partial charge in [0, 0.05) is 12.0 Å². The number of aliphatic carboxylic acids is 1. The predicted octanol–water partition coefficient (Wildman–Crippen LogP) is 1.81. The van der Waals surface area contributed by atoms with Crippen LogP contribution in [-0.2, 0) is 16.0 Å². The van der Waals surface area contributed by atoms with Crippen LogP contribution in [0.5, 0.6) is 5.75 Å². The van der Waals surface area contributed by atoms with Gasteiger partial charge in [-0.1, -0.05) is 28.5 Å². The van der Waals surface area contributed by atoms with Crippen molar-refractivity contribution < 1.29 is 30.2 Å². The average molecular weight is 322 g/mol. The Labute approximate surface area is 132 Å². The van der Waals surface area contributed by atoms with Gasteiger partial charge in [-0.25, -0.2) is 4.79 Å². The van der Waals surface area contributed by atoms with Crippen LogP contribution in [0, 0.1) is 0 Å². The second-order valence-electron chi connectivity index (χ2n) is 4.83. The minimum absolute atomic E-state index is 0.0582. The number of aromatic hydroxyl groups is 1. The molecular weight excluding hydrogens is 304 g/mol. The third kappa shape index (κ3) is 5.77. The summed E-state index contributed by atoms with van der Waals surface area (Å²) in [5, 5.41) is 40.3. The molecule has 0 heterocycles. The number of carbonyl (C=O) groups excluding carboxylic acids is 1. The topological polar surface area (TPSA) is 140 Å². The third-order valence-electron chi connectivity index (χ3n) is 3.23. The second kappa shape index (κ2) is 9.19. The Kier molecular flexibility index (Phi) is 7.25. The van der Waals surface area contributed by atoms with E-state index in [0.29, 0.717) is 17.0 Å². The van der Waals surface area contributed by atoms with Crippen LogP contribution < -0.4 is 0 Å². The molecule has 0 atom stereocenters. The van der Waals surface area contributed by atoms with Gasteiger partial charge >= 0.3 is 5.97 Å². The largest absolute Gasteiger partial charge is 0.508 e. The molecule has 0 aromatic heterocycles. The first-order valence-electron chi connectivity index (χ1n) is 6.94. The normalized spacial score (nSPS) is 17.4. The summed E-state index contributed by atoms with van der Waals surface area (Å²) in [5.74, 6) is -2.47. The highest BCUT2D eigenvalue weighted by Gasteiger charge is 2.15. The van der Waals surface area contributed by atoms with E-state index in [1.54, 1.807) is 12.1 Å². The van der Waals surface area contributed by atoms with Gasteiger partial charge in [-0.15, -0.1) is 0 Å². The van der Waals surface area contributed by atoms with Gasteiger partial charge in [-0.2, -0.15) is 0 Å². The first kappa shape index (κ1) is 18.1. The number of hydrogen-bond acceptors (Lipinski definition) is 7. The molecule has 4 N–H and O–H groups in total. The number of carbonyl (C=O) groups is 2. The molecule has 8 nitrogen and oxygen atoms in total. The Morgan fingerprint density at radius 3 is 1.96 bits per heavy atom. The summed E-state index contributed by atoms with van der Waals surface area (Å²) >= 11 is 0. The van der Waals surface area contributed by atoms with Crippen molar-refractivity contribution >= 4 is 23.2 Å². The fourth-order valence-corrected chi connectivity index (χ4v) is 2.00. The highest BCUT2D eigenvalue weighted by molar-refractivity contribution is 6.42. The van der Waals surface area contributed by atoms with Crippen molar-refractivity contribution in [1.29, 1.82) is 0 Å². The number of hydrogen-bond donors (Lipinski definition) is 4. The van der Waals surface area contributed by atoms with Crippen molar-refractivity contribution in [3.05, 3.63) is 29.8 Å². The van der Waals surface area contributed by atoms with Crippen LogP contribution in [0.15, 0.2) is 34.6 Å². The Bertz CT molecular complexity index is 604. The van der Waals surface area contributed by atoms with E-state index in [-0.39, 0.29) is 12.2 Å². The molecule has 0 radical (unpaired) electrons. The number of phenols is 1. The molecule has 0 spiro atoms. The zero-order valence-corrected chi connectivity index (χ0v) is 12.3. The van der Waals surface area contributed by atoms with Crippen molar-refractivity contribution in [3.8, 4) is 5.75 Å². The lowest BCUT2D eigenvalue weighted by Crippen LogP contribution is -2.18. The van der Waals surface area contributed by atoms with Crippen molar-refractivity contribution in [2.45, 2.75) is 32.1 Å². The lowest BCUT2D eigenvalue weighted by molar-refractivity contribution is -0.148. The van der Waals surface area contributed by atoms with E-state index in [4.69, 9.17) is 15.5 Å². The zero-order valence-electron chi connectivity index (χ0n) is 12.3. The van der Waals surface area contributed by atoms with Crippen molar-refractivity contribution in [1.82, 2.24) is 0 Å². The molecule has 0 bridgehead atoms. The molecule has 8 heteroatoms. The molecule has 0 saturated heterocycles. The molecule has 0 aliphatic heterocycles. The fraction of sp³-hybridized carbons (Fsp3) is 0.333. The molecule has 124 valence electrons. The molecule has 23 heavy (non-hydrogen) atoms. The van der Waals surface area contributed by atoms with E-state index in [1.807, 2.05) is 0 Å². The summed E-state index contributed by atoms with van der Waals surface area (Å²) < 4.78 is 0. The molecule has 0 unspecified atom stereocenters. The highest BCUT2D eigenvalue weighted by atomic mass is 16.4. The molecule has 2 rings (SSSR count). The minimum Gasteiger partial charge on any atom is -0.508 e. The molecule has 0 amide bonds. The van der Waals surface area contributed by atoms with Gasteiger partial charge in [0.2, 0.25) is 5.78 Å². The SMILES string of the molecule is O=C(O)C(=O)Cc1ccccc1O.ON=C1CCCCC1=NO. The van der Waals surface area contributed by atoms with E-state index in [2.05, 4.69) is 10.3 Å². The summed E-state index contributed by atoms with van der Waals surface area (Å²) in [6, 6.07) is 6.15. The van der Waals surface area contributed by atoms with Gasteiger partial charge in [0.1, 0.15) is 17.2 Å². The van der Waals surface area contributed by atoms with Gasteiger partial charge in [-0.05, 0) is 31.7 Å². The first-order chi connectivity index (χ1) is 11.0. The minimum atomic E-state index is -1.48. The lowest BCUT2D eigenvalue weighted by atomic mass is 9.97. The molecule has 1 fully saturated rings. The number of phenolic OH excluding ortho intramolecular Hbond substituents is 1. The van der Waals surface area contributed by atoms with E-state index in [0.717, 1.165) is 25.7 Å². The predicted molar refractivity (Wildman–Crippen MR) is 81.4 cm³/mol. The van der Waals surface area contributed by atoms with Gasteiger partial charge in [-0.3, -0.25) is 4.79 Å². The number of ketones is 1. The summed E-state index contributed by atoms with van der Waals surface area (Å²) in [6.07, 6.45) is 3.19. The average Bonchev–Trinajstić information content (AvgIpc) is 2.57. The maximum absolute atomic E-state index is 10.8. The van der Waals surface area contributed by atoms with Crippen molar-refractivity contribution in [2.24, 2.45) is 10.3 Å². The highest BCUT2D eigenvalue weighted by Crippen LogP contribution is 2.16. The smallest absolute Gasteiger partial charge is 0.372 e. The molecule has 1 aromatic rings. The third-order valence-corrected chi connectivity index (χ3v) is 3.23. The van der Waals surface area contributed by atoms with Crippen LogP contribution in [0.2, 0.25) is 0 Å². The van der Waals surface area contributed by atoms with Gasteiger partial charge < -0.3 is 20.6 Å². The quantitative estimate of drug-likeness (QED) is 0.380. The summed E-state index contributed by atoms with van der Waals surface area (Å²) in [6.45, 7) is 0. The lowest BCUT2D eigenvalue weighted by Gasteiger charge is -2.11. The first-order valence-corrected chi connectivity index (χ1v) is 6.94. The maximum Gasteiger partial charge on any atom is 0.372 e. The number of carboxylic acid groups (broad SMARTS) is 1. The Morgan fingerprint density at radius 1 is 1.00 bits per heavy atom. The Balaban J connectivity index is 0.000000238. The number of Topliss-reactive ketones (excluding diaryl/α,β-unsaturated/α-hetero) is 1. The number of oxime groups is 2. The fourth-order valence-electron chi connectivity index (χ4n) is 2.00. The van der Waals surface area contributed by atoms with Crippen molar-refractivity contribution in [3.63, 3.8) is 0 Å². The molecule has 1 saturated carbocycles. The van der Waals surface area contributed by atoms with Crippen LogP contribution in [0.3, 0.4) is 0 Å². The van der Waals surface area contributed by atoms with E-state index in [1.165, 1.54) is 12.1 Å². The van der Waals surface area contributed by atoms with Crippen LogP contribution in [-0.4, -0.2) is 43.8 Å². The molecule has 1 aliphatic carbocycles. The zero-order chi connectivity index (χ0) is 17.2. The van der Waals surface area contributed by atoms with Crippen LogP contribution in [0.25, 0.3) is 0 Å². The van der Waals surface area contributed by atoms with Gasteiger partial charge in [0.05, 0.1) is 0 Å². The maximum atomic E-state index is 10.8. The standard InChI is InChI=1S/C9H8O4.C6H10N2O2/c10-7-4-2-1-3-6(7)5-8(11)9(12)13;9-7-5-3-1-2-4-6(5)8-10/h1-4,10H,5H2,(H,12,13);9-10H,1-4H2. The summed E-state index contributed by atoms with van der Waals surface area (Å²) in [4.78, 5) is 20.9. The van der Waals surface area contributed by atoms with Gasteiger partial charge in [0.15, 0.2) is 0 Å². The monoisotopic (exact) mass is 322 g/mol. The second-order valence-corrected chi connectivity index (χ2v) is 4.83. The van der Waals surface area contributed by atoms with E-state index in [9.17, 15) is 14.7 Å². The van der Waals surface area contributed by atoms with E-state index < -0.39 is 11.8 Å². The number of carboxylic acids is 1. The van der Waals surface area contributed by atoms with Crippen LogP contribution in [0.1, 0.15) is 31.2 Å². The molecular formula is C15H18N2O6. The molecule has 1 aromatic carbocycles. The van der Waals surface area contributed by atoms with Crippen molar-refractivity contribution in [2.75, 3.05) is 0 Å². The van der Waals surface area contributed by atoms with Gasteiger partial charge in [0.25, 0.3) is 0 Å². The Morgan fingerprint density at radius 2 is 1.52 bits per heavy atom. The Hall–Kier alpha value is -2.90. The number of para-hydroxylation sites is 1.